The van der Waals surface area contributed by atoms with Crippen LogP contribution in [-0.2, 0) is 14.3 Å². The average molecular weight is 464 g/mol. The lowest BCUT2D eigenvalue weighted by Crippen LogP contribution is -2.30. The molecule has 2 unspecified atom stereocenters. The standard InChI is InChI=1S/C26H41NO6/c1-16-10-17(2)12-20(5)26(32)21(15-27)8-6-7-9-23(19(4)13-24(29)30)33-25(31)14-22(28)18(3)11-16/h6-8,16-20,22-23,26,28,32H,9-14H2,1-5H3,(H,29,30)/b7-6+,21-8-/t16-,17+,18-,19?,20-,22-,23?,26+/m0/s1. The number of aliphatic hydroxyl groups is 2. The highest BCUT2D eigenvalue weighted by atomic mass is 16.5. The van der Waals surface area contributed by atoms with Crippen LogP contribution in [0.2, 0.25) is 0 Å². The summed E-state index contributed by atoms with van der Waals surface area (Å²) < 4.78 is 5.56. The van der Waals surface area contributed by atoms with E-state index in [0.717, 1.165) is 19.3 Å². The first-order valence-electron chi connectivity index (χ1n) is 12.0. The smallest absolute Gasteiger partial charge is 0.308 e. The number of esters is 1. The second kappa shape index (κ2) is 14.2. The molecule has 1 aliphatic heterocycles. The first kappa shape index (κ1) is 28.9. The fraction of sp³-hybridized carbons (Fsp3) is 0.731. The van der Waals surface area contributed by atoms with Gasteiger partial charge in [0, 0.05) is 12.3 Å². The van der Waals surface area contributed by atoms with Crippen molar-refractivity contribution in [3.8, 4) is 6.07 Å². The van der Waals surface area contributed by atoms with Crippen LogP contribution in [0, 0.1) is 40.9 Å². The van der Waals surface area contributed by atoms with Gasteiger partial charge in [-0.2, -0.15) is 5.26 Å². The van der Waals surface area contributed by atoms with E-state index in [0.29, 0.717) is 11.8 Å². The molecule has 7 heteroatoms. The number of carboxylic acids is 1. The summed E-state index contributed by atoms with van der Waals surface area (Å²) in [5.41, 5.74) is 0.268. The Morgan fingerprint density at radius 1 is 1.15 bits per heavy atom. The molecule has 1 heterocycles. The van der Waals surface area contributed by atoms with E-state index in [1.54, 1.807) is 25.2 Å². The van der Waals surface area contributed by atoms with E-state index in [9.17, 15) is 25.1 Å². The normalized spacial score (nSPS) is 36.7. The van der Waals surface area contributed by atoms with Gasteiger partial charge in [0.2, 0.25) is 0 Å². The van der Waals surface area contributed by atoms with Crippen LogP contribution in [0.25, 0.3) is 0 Å². The molecule has 0 radical (unpaired) electrons. The van der Waals surface area contributed by atoms with Gasteiger partial charge in [-0.1, -0.05) is 46.8 Å². The molecule has 0 saturated carbocycles. The van der Waals surface area contributed by atoms with Crippen molar-refractivity contribution in [1.82, 2.24) is 0 Å². The molecule has 0 aliphatic carbocycles. The molecule has 33 heavy (non-hydrogen) atoms. The van der Waals surface area contributed by atoms with Gasteiger partial charge >= 0.3 is 11.9 Å². The molecule has 0 saturated heterocycles. The fourth-order valence-corrected chi connectivity index (χ4v) is 4.72. The number of aliphatic hydroxyl groups excluding tert-OH is 2. The van der Waals surface area contributed by atoms with Gasteiger partial charge in [0.25, 0.3) is 0 Å². The Bertz CT molecular complexity index is 740. The summed E-state index contributed by atoms with van der Waals surface area (Å²) in [6.45, 7) is 9.81. The number of hydrogen-bond acceptors (Lipinski definition) is 6. The van der Waals surface area contributed by atoms with Gasteiger partial charge in [-0.05, 0) is 49.0 Å². The molecule has 3 N–H and O–H groups in total. The molecular formula is C26H41NO6. The van der Waals surface area contributed by atoms with Crippen LogP contribution in [0.3, 0.4) is 0 Å². The van der Waals surface area contributed by atoms with Gasteiger partial charge in [-0.25, -0.2) is 0 Å². The van der Waals surface area contributed by atoms with Crippen LogP contribution in [0.4, 0.5) is 0 Å². The highest BCUT2D eigenvalue weighted by Crippen LogP contribution is 2.28. The van der Waals surface area contributed by atoms with Crippen molar-refractivity contribution in [3.63, 3.8) is 0 Å². The Balaban J connectivity index is 3.16. The van der Waals surface area contributed by atoms with Crippen LogP contribution in [0.15, 0.2) is 23.8 Å². The number of hydrogen-bond donors (Lipinski definition) is 3. The predicted octanol–water partition coefficient (Wildman–Crippen LogP) is 4.25. The number of cyclic esters (lactones) is 1. The van der Waals surface area contributed by atoms with Crippen molar-refractivity contribution in [2.45, 2.75) is 91.5 Å². The van der Waals surface area contributed by atoms with Crippen LogP contribution in [-0.4, -0.2) is 45.6 Å². The minimum absolute atomic E-state index is 0.0855. The Labute approximate surface area is 198 Å². The maximum atomic E-state index is 12.5. The maximum absolute atomic E-state index is 12.5. The van der Waals surface area contributed by atoms with Gasteiger partial charge in [-0.3, -0.25) is 9.59 Å². The minimum Gasteiger partial charge on any atom is -0.481 e. The molecule has 0 amide bonds. The zero-order chi connectivity index (χ0) is 25.1. The van der Waals surface area contributed by atoms with Gasteiger partial charge in [-0.15, -0.1) is 0 Å². The quantitative estimate of drug-likeness (QED) is 0.534. The van der Waals surface area contributed by atoms with Crippen molar-refractivity contribution < 1.29 is 29.6 Å². The third-order valence-electron chi connectivity index (χ3n) is 6.57. The van der Waals surface area contributed by atoms with E-state index in [1.165, 1.54) is 0 Å². The monoisotopic (exact) mass is 463 g/mol. The first-order valence-corrected chi connectivity index (χ1v) is 12.0. The highest BCUT2D eigenvalue weighted by Gasteiger charge is 2.27. The summed E-state index contributed by atoms with van der Waals surface area (Å²) in [4.78, 5) is 23.7. The number of allylic oxidation sites excluding steroid dienone is 2. The van der Waals surface area contributed by atoms with Crippen molar-refractivity contribution in [1.29, 1.82) is 5.26 Å². The van der Waals surface area contributed by atoms with Crippen LogP contribution in [0.5, 0.6) is 0 Å². The fourth-order valence-electron chi connectivity index (χ4n) is 4.72. The molecule has 0 spiro atoms. The molecular weight excluding hydrogens is 422 g/mol. The summed E-state index contributed by atoms with van der Waals surface area (Å²) in [5.74, 6) is -1.48. The third kappa shape index (κ3) is 10.5. The van der Waals surface area contributed by atoms with Gasteiger partial charge < -0.3 is 20.1 Å². The second-order valence-corrected chi connectivity index (χ2v) is 10.1. The van der Waals surface area contributed by atoms with E-state index in [1.807, 2.05) is 13.8 Å². The van der Waals surface area contributed by atoms with E-state index in [4.69, 9.17) is 9.84 Å². The average Bonchev–Trinajstić information content (AvgIpc) is 2.70. The summed E-state index contributed by atoms with van der Waals surface area (Å²) in [7, 11) is 0. The summed E-state index contributed by atoms with van der Waals surface area (Å²) in [5, 5.41) is 39.9. The van der Waals surface area contributed by atoms with E-state index in [2.05, 4.69) is 19.9 Å². The molecule has 0 fully saturated rings. The van der Waals surface area contributed by atoms with Gasteiger partial charge in [0.15, 0.2) is 0 Å². The van der Waals surface area contributed by atoms with Crippen molar-refractivity contribution in [2.75, 3.05) is 0 Å². The summed E-state index contributed by atoms with van der Waals surface area (Å²) in [6, 6.07) is 2.08. The van der Waals surface area contributed by atoms with E-state index < -0.39 is 36.2 Å². The number of nitriles is 1. The van der Waals surface area contributed by atoms with Crippen molar-refractivity contribution in [3.05, 3.63) is 23.8 Å². The number of carboxylic acid groups (broad SMARTS) is 1. The SMILES string of the molecule is CC(CC(=O)O)C1C/C=C/C=C(/C#N)[C@H](O)[C@@H](C)C[C@H](C)C[C@H](C)C[C@H](C)[C@@H](O)CC(=O)O1. The Morgan fingerprint density at radius 2 is 1.76 bits per heavy atom. The Hall–Kier alpha value is -2.17. The zero-order valence-electron chi connectivity index (χ0n) is 20.6. The molecule has 0 aromatic rings. The number of ether oxygens (including phenoxy) is 1. The minimum atomic E-state index is -0.984. The number of carbonyl (C=O) groups excluding carboxylic acids is 1. The van der Waals surface area contributed by atoms with Crippen molar-refractivity contribution >= 4 is 11.9 Å². The Morgan fingerprint density at radius 3 is 2.33 bits per heavy atom. The molecule has 7 nitrogen and oxygen atoms in total. The lowest BCUT2D eigenvalue weighted by Gasteiger charge is -2.27. The molecule has 0 aromatic carbocycles. The number of rotatable bonds is 3. The number of aliphatic carboxylic acids is 1. The zero-order valence-corrected chi connectivity index (χ0v) is 20.6. The molecule has 8 atom stereocenters. The molecule has 0 aromatic heterocycles. The highest BCUT2D eigenvalue weighted by molar-refractivity contribution is 5.70. The predicted molar refractivity (Wildman–Crippen MR) is 126 cm³/mol. The topological polar surface area (TPSA) is 128 Å². The molecule has 186 valence electrons. The van der Waals surface area contributed by atoms with Crippen LogP contribution < -0.4 is 0 Å². The summed E-state index contributed by atoms with van der Waals surface area (Å²) >= 11 is 0. The summed E-state index contributed by atoms with van der Waals surface area (Å²) in [6.07, 6.45) is 4.93. The van der Waals surface area contributed by atoms with E-state index >= 15 is 0 Å². The lowest BCUT2D eigenvalue weighted by atomic mass is 9.82. The van der Waals surface area contributed by atoms with Crippen LogP contribution in [0.1, 0.15) is 73.1 Å². The largest absolute Gasteiger partial charge is 0.481 e. The van der Waals surface area contributed by atoms with Crippen molar-refractivity contribution in [2.24, 2.45) is 29.6 Å². The van der Waals surface area contributed by atoms with Gasteiger partial charge in [0.1, 0.15) is 6.10 Å². The lowest BCUT2D eigenvalue weighted by molar-refractivity contribution is -0.156. The molecule has 1 rings (SSSR count). The number of carbonyl (C=O) groups is 2. The van der Waals surface area contributed by atoms with E-state index in [-0.39, 0.29) is 36.7 Å². The first-order chi connectivity index (χ1) is 15.4. The molecule has 0 bridgehead atoms. The Kier molecular flexibility index (Phi) is 12.4. The molecule has 1 aliphatic rings. The second-order valence-electron chi connectivity index (χ2n) is 10.1. The number of nitrogens with zero attached hydrogens (tertiary/aromatic N) is 1. The third-order valence-corrected chi connectivity index (χ3v) is 6.57. The van der Waals surface area contributed by atoms with Crippen LogP contribution >= 0.6 is 0 Å². The maximum Gasteiger partial charge on any atom is 0.308 e. The van der Waals surface area contributed by atoms with Gasteiger partial charge in [0.05, 0.1) is 36.7 Å².